The predicted octanol–water partition coefficient (Wildman–Crippen LogP) is 4.31. The first-order valence-electron chi connectivity index (χ1n) is 8.03. The van der Waals surface area contributed by atoms with Crippen LogP contribution in [0.1, 0.15) is 18.9 Å². The zero-order valence-corrected chi connectivity index (χ0v) is 15.1. The summed E-state index contributed by atoms with van der Waals surface area (Å²) in [5.74, 6) is 0.614. The van der Waals surface area contributed by atoms with Gasteiger partial charge in [0, 0.05) is 24.2 Å². The number of nitrogens with zero attached hydrogens (tertiary/aromatic N) is 1. The molecule has 4 nitrogen and oxygen atoms in total. The first-order valence-corrected chi connectivity index (χ1v) is 8.41. The van der Waals surface area contributed by atoms with E-state index in [9.17, 15) is 9.18 Å². The lowest BCUT2D eigenvalue weighted by molar-refractivity contribution is -0.132. The summed E-state index contributed by atoms with van der Waals surface area (Å²) in [7, 11) is 1.58. The van der Waals surface area contributed by atoms with Crippen LogP contribution in [0, 0.1) is 5.82 Å². The van der Waals surface area contributed by atoms with Gasteiger partial charge in [0.2, 0.25) is 0 Å². The van der Waals surface area contributed by atoms with E-state index >= 15 is 0 Å². The highest BCUT2D eigenvalue weighted by Gasteiger charge is 2.14. The second-order valence-electron chi connectivity index (χ2n) is 5.56. The molecule has 0 N–H and O–H groups in total. The van der Waals surface area contributed by atoms with Crippen LogP contribution in [0.2, 0.25) is 5.02 Å². The van der Waals surface area contributed by atoms with E-state index in [0.29, 0.717) is 17.4 Å². The molecule has 0 heterocycles. The summed E-state index contributed by atoms with van der Waals surface area (Å²) in [6.45, 7) is 2.63. The van der Waals surface area contributed by atoms with Crippen molar-refractivity contribution in [2.75, 3.05) is 20.3 Å². The lowest BCUT2D eigenvalue weighted by Gasteiger charge is -2.18. The maximum absolute atomic E-state index is 13.8. The van der Waals surface area contributed by atoms with Crippen molar-refractivity contribution >= 4 is 17.5 Å². The summed E-state index contributed by atoms with van der Waals surface area (Å²) in [6, 6.07) is 11.5. The molecule has 6 heteroatoms. The van der Waals surface area contributed by atoms with Crippen molar-refractivity contribution in [2.24, 2.45) is 0 Å². The van der Waals surface area contributed by atoms with Gasteiger partial charge in [-0.2, -0.15) is 0 Å². The minimum atomic E-state index is -0.435. The minimum Gasteiger partial charge on any atom is -0.494 e. The molecule has 0 fully saturated rings. The van der Waals surface area contributed by atoms with Gasteiger partial charge in [-0.15, -0.1) is 0 Å². The number of hydrogen-bond acceptors (Lipinski definition) is 3. The molecule has 0 aliphatic carbocycles. The Labute approximate surface area is 152 Å². The number of ether oxygens (including phenoxy) is 2. The van der Waals surface area contributed by atoms with Crippen molar-refractivity contribution < 1.29 is 18.7 Å². The van der Waals surface area contributed by atoms with E-state index < -0.39 is 5.82 Å². The number of rotatable bonds is 8. The summed E-state index contributed by atoms with van der Waals surface area (Å²) in [5, 5.41) is 0.295. The number of carbonyl (C=O) groups excluding carboxylic acids is 1. The highest BCUT2D eigenvalue weighted by Crippen LogP contribution is 2.21. The van der Waals surface area contributed by atoms with E-state index in [1.54, 1.807) is 37.4 Å². The van der Waals surface area contributed by atoms with Crippen LogP contribution >= 0.6 is 11.6 Å². The fourth-order valence-corrected chi connectivity index (χ4v) is 2.34. The molecule has 2 aromatic rings. The first-order chi connectivity index (χ1) is 12.0. The standard InChI is InChI=1S/C19H21ClFNO3/c1-3-11-24-14-7-9-15(10-8-14)25-13-19(23)22(2)12-16-17(20)5-4-6-18(16)21/h4-10H,3,11-13H2,1-2H3. The van der Waals surface area contributed by atoms with Crippen molar-refractivity contribution in [1.29, 1.82) is 0 Å². The van der Waals surface area contributed by atoms with Gasteiger partial charge >= 0.3 is 0 Å². The molecule has 0 aliphatic rings. The average Bonchev–Trinajstić information content (AvgIpc) is 2.61. The summed E-state index contributed by atoms with van der Waals surface area (Å²) >= 11 is 5.98. The molecule has 0 saturated carbocycles. The van der Waals surface area contributed by atoms with Crippen molar-refractivity contribution in [3.05, 3.63) is 58.9 Å². The normalized spacial score (nSPS) is 10.4. The van der Waals surface area contributed by atoms with Gasteiger partial charge in [0.1, 0.15) is 17.3 Å². The van der Waals surface area contributed by atoms with Crippen LogP contribution in [0.4, 0.5) is 4.39 Å². The zero-order valence-electron chi connectivity index (χ0n) is 14.3. The Balaban J connectivity index is 1.87. The lowest BCUT2D eigenvalue weighted by atomic mass is 10.2. The predicted molar refractivity (Wildman–Crippen MR) is 95.6 cm³/mol. The smallest absolute Gasteiger partial charge is 0.260 e. The molecular weight excluding hydrogens is 345 g/mol. The van der Waals surface area contributed by atoms with Gasteiger partial charge in [0.05, 0.1) is 6.61 Å². The van der Waals surface area contributed by atoms with Gasteiger partial charge in [-0.1, -0.05) is 24.6 Å². The topological polar surface area (TPSA) is 38.8 Å². The lowest BCUT2D eigenvalue weighted by Crippen LogP contribution is -2.31. The second kappa shape index (κ2) is 9.28. The van der Waals surface area contributed by atoms with Crippen LogP contribution in [0.25, 0.3) is 0 Å². The number of likely N-dealkylation sites (N-methyl/N-ethyl adjacent to an activating group) is 1. The number of halogens is 2. The SMILES string of the molecule is CCCOc1ccc(OCC(=O)N(C)Cc2c(F)cccc2Cl)cc1. The molecular formula is C19H21ClFNO3. The third kappa shape index (κ3) is 5.64. The van der Waals surface area contributed by atoms with Crippen LogP contribution in [-0.2, 0) is 11.3 Å². The largest absolute Gasteiger partial charge is 0.494 e. The molecule has 0 aromatic heterocycles. The molecule has 0 saturated heterocycles. The molecule has 0 atom stereocenters. The number of carbonyl (C=O) groups is 1. The number of hydrogen-bond donors (Lipinski definition) is 0. The van der Waals surface area contributed by atoms with E-state index in [1.165, 1.54) is 17.0 Å². The van der Waals surface area contributed by atoms with Crippen LogP contribution in [0.3, 0.4) is 0 Å². The van der Waals surface area contributed by atoms with Gasteiger partial charge in [-0.05, 0) is 42.8 Å². The second-order valence-corrected chi connectivity index (χ2v) is 5.97. The Kier molecular flexibility index (Phi) is 7.07. The molecule has 0 radical (unpaired) electrons. The zero-order chi connectivity index (χ0) is 18.2. The Bertz CT molecular complexity index is 686. The van der Waals surface area contributed by atoms with Crippen molar-refractivity contribution in [3.63, 3.8) is 0 Å². The van der Waals surface area contributed by atoms with Crippen LogP contribution < -0.4 is 9.47 Å². The third-order valence-corrected chi connectivity index (χ3v) is 3.90. The minimum absolute atomic E-state index is 0.0808. The first kappa shape index (κ1) is 19.1. The summed E-state index contributed by atoms with van der Waals surface area (Å²) in [6.07, 6.45) is 0.936. The number of benzene rings is 2. The molecule has 1 amide bonds. The molecule has 0 unspecified atom stereocenters. The van der Waals surface area contributed by atoms with Gasteiger partial charge < -0.3 is 14.4 Å². The average molecular weight is 366 g/mol. The molecule has 2 rings (SSSR count). The Morgan fingerprint density at radius 1 is 1.12 bits per heavy atom. The monoisotopic (exact) mass is 365 g/mol. The fourth-order valence-electron chi connectivity index (χ4n) is 2.12. The molecule has 134 valence electrons. The van der Waals surface area contributed by atoms with Crippen molar-refractivity contribution in [3.8, 4) is 11.5 Å². The van der Waals surface area contributed by atoms with Gasteiger partial charge in [0.15, 0.2) is 6.61 Å². The van der Waals surface area contributed by atoms with Gasteiger partial charge in [-0.3, -0.25) is 4.79 Å². The van der Waals surface area contributed by atoms with E-state index in [0.717, 1.165) is 12.2 Å². The quantitative estimate of drug-likeness (QED) is 0.700. The van der Waals surface area contributed by atoms with Crippen molar-refractivity contribution in [1.82, 2.24) is 4.90 Å². The molecule has 2 aromatic carbocycles. The van der Waals surface area contributed by atoms with E-state index in [1.807, 2.05) is 6.92 Å². The highest BCUT2D eigenvalue weighted by molar-refractivity contribution is 6.31. The Morgan fingerprint density at radius 2 is 1.76 bits per heavy atom. The third-order valence-electron chi connectivity index (χ3n) is 3.54. The fraction of sp³-hybridized carbons (Fsp3) is 0.316. The maximum atomic E-state index is 13.8. The molecule has 0 aliphatic heterocycles. The molecule has 25 heavy (non-hydrogen) atoms. The summed E-state index contributed by atoms with van der Waals surface area (Å²) < 4.78 is 24.7. The Hall–Kier alpha value is -2.27. The molecule has 0 bridgehead atoms. The maximum Gasteiger partial charge on any atom is 0.260 e. The van der Waals surface area contributed by atoms with Crippen LogP contribution in [0.5, 0.6) is 11.5 Å². The number of amides is 1. The molecule has 0 spiro atoms. The van der Waals surface area contributed by atoms with Gasteiger partial charge in [-0.25, -0.2) is 4.39 Å². The van der Waals surface area contributed by atoms with Crippen LogP contribution in [0.15, 0.2) is 42.5 Å². The van der Waals surface area contributed by atoms with E-state index in [2.05, 4.69) is 0 Å². The summed E-state index contributed by atoms with van der Waals surface area (Å²) in [5.41, 5.74) is 0.289. The van der Waals surface area contributed by atoms with E-state index in [-0.39, 0.29) is 24.6 Å². The van der Waals surface area contributed by atoms with Crippen molar-refractivity contribution in [2.45, 2.75) is 19.9 Å². The van der Waals surface area contributed by atoms with E-state index in [4.69, 9.17) is 21.1 Å². The summed E-state index contributed by atoms with van der Waals surface area (Å²) in [4.78, 5) is 13.5. The van der Waals surface area contributed by atoms with Gasteiger partial charge in [0.25, 0.3) is 5.91 Å². The Morgan fingerprint density at radius 3 is 2.36 bits per heavy atom. The van der Waals surface area contributed by atoms with Crippen LogP contribution in [-0.4, -0.2) is 31.1 Å². The highest BCUT2D eigenvalue weighted by atomic mass is 35.5.